The van der Waals surface area contributed by atoms with Crippen molar-refractivity contribution in [1.82, 2.24) is 9.97 Å². The van der Waals surface area contributed by atoms with E-state index in [1.54, 1.807) is 11.8 Å². The molecule has 1 atom stereocenters. The van der Waals surface area contributed by atoms with Crippen LogP contribution < -0.4 is 0 Å². The molecule has 0 aliphatic rings. The maximum absolute atomic E-state index is 11.1. The molecule has 0 amide bonds. The van der Waals surface area contributed by atoms with E-state index in [4.69, 9.17) is 0 Å². The molecule has 1 aromatic heterocycles. The zero-order chi connectivity index (χ0) is 12.1. The summed E-state index contributed by atoms with van der Waals surface area (Å²) in [4.78, 5) is 19.6. The minimum absolute atomic E-state index is 0.154. The van der Waals surface area contributed by atoms with Gasteiger partial charge in [0.15, 0.2) is 0 Å². The fraction of sp³-hybridized carbons (Fsp3) is 0.545. The van der Waals surface area contributed by atoms with Gasteiger partial charge in [-0.15, -0.1) is 11.8 Å². The van der Waals surface area contributed by atoms with Crippen LogP contribution in [0.2, 0.25) is 0 Å². The Morgan fingerprint density at radius 3 is 2.75 bits per heavy atom. The average molecular weight is 240 g/mol. The van der Waals surface area contributed by atoms with Crippen LogP contribution in [-0.2, 0) is 9.53 Å². The van der Waals surface area contributed by atoms with E-state index in [-0.39, 0.29) is 11.2 Å². The molecule has 0 bridgehead atoms. The van der Waals surface area contributed by atoms with E-state index in [1.165, 1.54) is 7.11 Å². The summed E-state index contributed by atoms with van der Waals surface area (Å²) in [7, 11) is 1.40. The van der Waals surface area contributed by atoms with E-state index < -0.39 is 0 Å². The molecule has 0 spiro atoms. The first-order valence-corrected chi connectivity index (χ1v) is 5.95. The molecule has 1 heterocycles. The SMILES string of the molecule is COC(=O)CC(C)Sc1cc(C)nc(C)n1. The first-order valence-electron chi connectivity index (χ1n) is 5.07. The van der Waals surface area contributed by atoms with Crippen LogP contribution in [0.3, 0.4) is 0 Å². The fourth-order valence-corrected chi connectivity index (χ4v) is 2.36. The topological polar surface area (TPSA) is 52.1 Å². The molecule has 4 nitrogen and oxygen atoms in total. The van der Waals surface area contributed by atoms with Gasteiger partial charge in [0.2, 0.25) is 0 Å². The van der Waals surface area contributed by atoms with Gasteiger partial charge in [-0.2, -0.15) is 0 Å². The number of thioether (sulfide) groups is 1. The van der Waals surface area contributed by atoms with Crippen LogP contribution in [0, 0.1) is 13.8 Å². The fourth-order valence-electron chi connectivity index (χ4n) is 1.31. The highest BCUT2D eigenvalue weighted by molar-refractivity contribution is 7.99. The molecule has 5 heteroatoms. The third kappa shape index (κ3) is 4.18. The molecule has 1 unspecified atom stereocenters. The number of nitrogens with zero attached hydrogens (tertiary/aromatic N) is 2. The number of esters is 1. The number of rotatable bonds is 4. The second-order valence-electron chi connectivity index (χ2n) is 3.60. The van der Waals surface area contributed by atoms with Crippen molar-refractivity contribution in [2.24, 2.45) is 0 Å². The number of carbonyl (C=O) groups is 1. The van der Waals surface area contributed by atoms with E-state index in [0.717, 1.165) is 16.5 Å². The van der Waals surface area contributed by atoms with Crippen molar-refractivity contribution in [2.45, 2.75) is 37.5 Å². The molecule has 1 aromatic rings. The van der Waals surface area contributed by atoms with E-state index in [2.05, 4.69) is 14.7 Å². The molecule has 16 heavy (non-hydrogen) atoms. The number of aromatic nitrogens is 2. The Morgan fingerprint density at radius 2 is 2.19 bits per heavy atom. The lowest BCUT2D eigenvalue weighted by Gasteiger charge is -2.09. The van der Waals surface area contributed by atoms with Crippen molar-refractivity contribution in [1.29, 1.82) is 0 Å². The summed E-state index contributed by atoms with van der Waals surface area (Å²) >= 11 is 1.56. The van der Waals surface area contributed by atoms with Gasteiger partial charge in [-0.05, 0) is 19.9 Å². The molecule has 0 radical (unpaired) electrons. The molecule has 0 aliphatic carbocycles. The molecule has 0 aliphatic heterocycles. The predicted molar refractivity (Wildman–Crippen MR) is 63.5 cm³/mol. The molecule has 0 aromatic carbocycles. The normalized spacial score (nSPS) is 12.2. The Balaban J connectivity index is 2.62. The molecule has 1 rings (SSSR count). The molecule has 0 saturated carbocycles. The van der Waals surface area contributed by atoms with Crippen LogP contribution >= 0.6 is 11.8 Å². The van der Waals surface area contributed by atoms with Crippen LogP contribution in [0.5, 0.6) is 0 Å². The van der Waals surface area contributed by atoms with E-state index in [9.17, 15) is 4.79 Å². The molecule has 88 valence electrons. The summed E-state index contributed by atoms with van der Waals surface area (Å²) < 4.78 is 4.62. The first-order chi connectivity index (χ1) is 7.51. The maximum atomic E-state index is 11.1. The minimum atomic E-state index is -0.192. The van der Waals surface area contributed by atoms with Crippen molar-refractivity contribution in [3.05, 3.63) is 17.6 Å². The van der Waals surface area contributed by atoms with E-state index >= 15 is 0 Å². The number of hydrogen-bond donors (Lipinski definition) is 0. The standard InChI is InChI=1S/C11H16N2O2S/c1-7-5-10(13-9(3)12-7)16-8(2)6-11(14)15-4/h5,8H,6H2,1-4H3. The summed E-state index contributed by atoms with van der Waals surface area (Å²) in [6.07, 6.45) is 0.392. The van der Waals surface area contributed by atoms with Crippen LogP contribution in [-0.4, -0.2) is 28.3 Å². The van der Waals surface area contributed by atoms with Gasteiger partial charge in [0, 0.05) is 10.9 Å². The van der Waals surface area contributed by atoms with Gasteiger partial charge in [0.25, 0.3) is 0 Å². The highest BCUT2D eigenvalue weighted by Crippen LogP contribution is 2.23. The molecule has 0 fully saturated rings. The van der Waals surface area contributed by atoms with Crippen LogP contribution in [0.25, 0.3) is 0 Å². The molecule has 0 saturated heterocycles. The number of carbonyl (C=O) groups excluding carboxylic acids is 1. The first kappa shape index (κ1) is 13.0. The van der Waals surface area contributed by atoms with Crippen molar-refractivity contribution < 1.29 is 9.53 Å². The molecular formula is C11H16N2O2S. The van der Waals surface area contributed by atoms with Crippen molar-refractivity contribution in [2.75, 3.05) is 7.11 Å². The van der Waals surface area contributed by atoms with Crippen molar-refractivity contribution >= 4 is 17.7 Å². The smallest absolute Gasteiger partial charge is 0.306 e. The third-order valence-electron chi connectivity index (χ3n) is 1.95. The number of hydrogen-bond acceptors (Lipinski definition) is 5. The Morgan fingerprint density at radius 1 is 1.50 bits per heavy atom. The largest absolute Gasteiger partial charge is 0.469 e. The van der Waals surface area contributed by atoms with Gasteiger partial charge in [-0.1, -0.05) is 6.92 Å². The van der Waals surface area contributed by atoms with Gasteiger partial charge < -0.3 is 4.74 Å². The van der Waals surface area contributed by atoms with Gasteiger partial charge in [-0.3, -0.25) is 4.79 Å². The van der Waals surface area contributed by atoms with Crippen molar-refractivity contribution in [3.63, 3.8) is 0 Å². The Hall–Kier alpha value is -1.10. The Bertz CT molecular complexity index is 362. The van der Waals surface area contributed by atoms with Gasteiger partial charge >= 0.3 is 5.97 Å². The summed E-state index contributed by atoms with van der Waals surface area (Å²) in [5.74, 6) is 0.565. The lowest BCUT2D eigenvalue weighted by molar-refractivity contribution is -0.140. The highest BCUT2D eigenvalue weighted by atomic mass is 32.2. The van der Waals surface area contributed by atoms with Crippen LogP contribution in [0.4, 0.5) is 0 Å². The summed E-state index contributed by atoms with van der Waals surface area (Å²) in [5, 5.41) is 1.06. The van der Waals surface area contributed by atoms with Gasteiger partial charge in [0.1, 0.15) is 10.9 Å². The number of aryl methyl sites for hydroxylation is 2. The average Bonchev–Trinajstić information content (AvgIpc) is 2.15. The third-order valence-corrected chi connectivity index (χ3v) is 2.97. The van der Waals surface area contributed by atoms with Crippen LogP contribution in [0.1, 0.15) is 24.9 Å². The zero-order valence-corrected chi connectivity index (χ0v) is 10.8. The highest BCUT2D eigenvalue weighted by Gasteiger charge is 2.11. The molecule has 0 N–H and O–H groups in total. The van der Waals surface area contributed by atoms with Crippen molar-refractivity contribution in [3.8, 4) is 0 Å². The second kappa shape index (κ2) is 5.84. The van der Waals surface area contributed by atoms with Gasteiger partial charge in [0.05, 0.1) is 13.5 Å². The maximum Gasteiger partial charge on any atom is 0.306 e. The lowest BCUT2D eigenvalue weighted by Crippen LogP contribution is -2.09. The number of ether oxygens (including phenoxy) is 1. The summed E-state index contributed by atoms with van der Waals surface area (Å²) in [6, 6.07) is 1.92. The Labute approximate surface area is 99.8 Å². The van der Waals surface area contributed by atoms with E-state index in [1.807, 2.05) is 26.8 Å². The predicted octanol–water partition coefficient (Wildman–Crippen LogP) is 2.14. The summed E-state index contributed by atoms with van der Waals surface area (Å²) in [5.41, 5.74) is 0.945. The zero-order valence-electron chi connectivity index (χ0n) is 9.98. The van der Waals surface area contributed by atoms with E-state index in [0.29, 0.717) is 6.42 Å². The lowest BCUT2D eigenvalue weighted by atomic mass is 10.3. The second-order valence-corrected chi connectivity index (χ2v) is 5.06. The number of methoxy groups -OCH3 is 1. The quantitative estimate of drug-likeness (QED) is 0.458. The monoisotopic (exact) mass is 240 g/mol. The summed E-state index contributed by atoms with van der Waals surface area (Å²) in [6.45, 7) is 5.78. The minimum Gasteiger partial charge on any atom is -0.469 e. The van der Waals surface area contributed by atoms with Crippen LogP contribution in [0.15, 0.2) is 11.1 Å². The Kier molecular flexibility index (Phi) is 4.73. The molecular weight excluding hydrogens is 224 g/mol. The van der Waals surface area contributed by atoms with Gasteiger partial charge in [-0.25, -0.2) is 9.97 Å².